The van der Waals surface area contributed by atoms with Crippen molar-refractivity contribution in [3.05, 3.63) is 50.5 Å². The fraction of sp³-hybridized carbons (Fsp3) is 0.100. The lowest BCUT2D eigenvalue weighted by Crippen LogP contribution is -1.88. The average molecular weight is 259 g/mol. The second-order valence-electron chi connectivity index (χ2n) is 3.19. The molecule has 0 atom stereocenters. The average Bonchev–Trinajstić information content (AvgIpc) is 2.58. The summed E-state index contributed by atoms with van der Waals surface area (Å²) < 4.78 is 0.630. The molecule has 0 aliphatic carbocycles. The highest BCUT2D eigenvalue weighted by Gasteiger charge is 2.01. The van der Waals surface area contributed by atoms with Crippen LogP contribution in [-0.2, 0) is 6.42 Å². The molecule has 0 unspecified atom stereocenters. The maximum Gasteiger partial charge on any atom is 0.174 e. The molecule has 0 radical (unpaired) electrons. The van der Waals surface area contributed by atoms with E-state index in [9.17, 15) is 0 Å². The molecule has 0 fully saturated rings. The highest BCUT2D eigenvalue weighted by atomic mass is 35.5. The highest BCUT2D eigenvalue weighted by molar-refractivity contribution is 7.71. The third kappa shape index (κ3) is 2.62. The number of benzene rings is 1. The smallest absolute Gasteiger partial charge is 0.174 e. The van der Waals surface area contributed by atoms with Crippen LogP contribution in [0.2, 0.25) is 10.0 Å². The number of nitrogens with one attached hydrogen (secondary N) is 2. The third-order valence-electron chi connectivity index (χ3n) is 2.03. The summed E-state index contributed by atoms with van der Waals surface area (Å²) in [4.78, 5) is 5.96. The zero-order chi connectivity index (χ0) is 10.8. The van der Waals surface area contributed by atoms with E-state index in [-0.39, 0.29) is 0 Å². The van der Waals surface area contributed by atoms with Gasteiger partial charge in [0.05, 0.1) is 10.0 Å². The number of aromatic amines is 2. The molecule has 0 bridgehead atoms. The van der Waals surface area contributed by atoms with Crippen LogP contribution in [0.3, 0.4) is 0 Å². The van der Waals surface area contributed by atoms with E-state index in [4.69, 9.17) is 35.4 Å². The van der Waals surface area contributed by atoms with E-state index < -0.39 is 0 Å². The van der Waals surface area contributed by atoms with Crippen molar-refractivity contribution in [2.45, 2.75) is 6.42 Å². The molecule has 15 heavy (non-hydrogen) atoms. The second kappa shape index (κ2) is 4.39. The SMILES string of the molecule is S=c1[nH]cc(Cc2ccc(Cl)c(Cl)c2)[nH]1. The number of imidazole rings is 1. The molecule has 2 nitrogen and oxygen atoms in total. The first kappa shape index (κ1) is 10.7. The Bertz CT molecular complexity index is 530. The van der Waals surface area contributed by atoms with Crippen molar-refractivity contribution in [3.63, 3.8) is 0 Å². The molecule has 1 aromatic heterocycles. The van der Waals surface area contributed by atoms with Gasteiger partial charge in [0.15, 0.2) is 4.77 Å². The molecule has 0 amide bonds. The summed E-state index contributed by atoms with van der Waals surface area (Å²) in [5.74, 6) is 0. The molecule has 0 spiro atoms. The number of hydrogen-bond acceptors (Lipinski definition) is 1. The molecular formula is C10H8Cl2N2S. The van der Waals surface area contributed by atoms with Gasteiger partial charge in [0, 0.05) is 18.3 Å². The topological polar surface area (TPSA) is 31.6 Å². The van der Waals surface area contributed by atoms with Gasteiger partial charge in [0.25, 0.3) is 0 Å². The molecule has 2 aromatic rings. The van der Waals surface area contributed by atoms with Crippen molar-refractivity contribution in [1.29, 1.82) is 0 Å². The van der Waals surface area contributed by atoms with E-state index in [0.29, 0.717) is 14.8 Å². The summed E-state index contributed by atoms with van der Waals surface area (Å²) in [7, 11) is 0. The summed E-state index contributed by atoms with van der Waals surface area (Å²) in [6.07, 6.45) is 2.61. The minimum absolute atomic E-state index is 0.572. The Hall–Kier alpha value is -0.770. The van der Waals surface area contributed by atoms with Crippen molar-refractivity contribution in [2.24, 2.45) is 0 Å². The van der Waals surface area contributed by atoms with Gasteiger partial charge in [-0.2, -0.15) is 0 Å². The maximum atomic E-state index is 5.91. The van der Waals surface area contributed by atoms with Gasteiger partial charge in [0.1, 0.15) is 0 Å². The van der Waals surface area contributed by atoms with Crippen LogP contribution in [0.5, 0.6) is 0 Å². The van der Waals surface area contributed by atoms with E-state index in [1.165, 1.54) is 0 Å². The Labute approximate surface area is 102 Å². The molecule has 78 valence electrons. The lowest BCUT2D eigenvalue weighted by atomic mass is 10.1. The van der Waals surface area contributed by atoms with Gasteiger partial charge in [-0.25, -0.2) is 0 Å². The Morgan fingerprint density at radius 1 is 1.20 bits per heavy atom. The van der Waals surface area contributed by atoms with Crippen molar-refractivity contribution in [2.75, 3.05) is 0 Å². The minimum Gasteiger partial charge on any atom is -0.337 e. The quantitative estimate of drug-likeness (QED) is 0.785. The molecule has 2 N–H and O–H groups in total. The first-order valence-electron chi connectivity index (χ1n) is 4.35. The minimum atomic E-state index is 0.572. The third-order valence-corrected chi connectivity index (χ3v) is 2.99. The van der Waals surface area contributed by atoms with Gasteiger partial charge >= 0.3 is 0 Å². The van der Waals surface area contributed by atoms with E-state index in [0.717, 1.165) is 17.7 Å². The number of halogens is 2. The lowest BCUT2D eigenvalue weighted by molar-refractivity contribution is 1.10. The van der Waals surface area contributed by atoms with E-state index >= 15 is 0 Å². The van der Waals surface area contributed by atoms with Crippen molar-refractivity contribution >= 4 is 35.4 Å². The maximum absolute atomic E-state index is 5.91. The lowest BCUT2D eigenvalue weighted by Gasteiger charge is -2.01. The Balaban J connectivity index is 2.24. The molecule has 0 saturated heterocycles. The van der Waals surface area contributed by atoms with Gasteiger partial charge in [-0.1, -0.05) is 29.3 Å². The fourth-order valence-electron chi connectivity index (χ4n) is 1.34. The molecule has 1 heterocycles. The van der Waals surface area contributed by atoms with Gasteiger partial charge in [0.2, 0.25) is 0 Å². The normalized spacial score (nSPS) is 10.5. The van der Waals surface area contributed by atoms with Gasteiger partial charge in [-0.3, -0.25) is 0 Å². The van der Waals surface area contributed by atoms with Gasteiger partial charge in [-0.15, -0.1) is 0 Å². The predicted molar refractivity (Wildman–Crippen MR) is 65.2 cm³/mol. The van der Waals surface area contributed by atoms with Crippen LogP contribution in [0.4, 0.5) is 0 Å². The number of hydrogen-bond donors (Lipinski definition) is 2. The van der Waals surface area contributed by atoms with Crippen LogP contribution >= 0.6 is 35.4 Å². The molecule has 0 aliphatic rings. The van der Waals surface area contributed by atoms with E-state index in [1.807, 2.05) is 18.3 Å². The molecule has 1 aromatic carbocycles. The van der Waals surface area contributed by atoms with Gasteiger partial charge in [-0.05, 0) is 29.9 Å². The molecule has 2 rings (SSSR count). The second-order valence-corrected chi connectivity index (χ2v) is 4.42. The largest absolute Gasteiger partial charge is 0.337 e. The van der Waals surface area contributed by atoms with Gasteiger partial charge < -0.3 is 9.97 Å². The zero-order valence-corrected chi connectivity index (χ0v) is 10.0. The zero-order valence-electron chi connectivity index (χ0n) is 7.68. The Kier molecular flexibility index (Phi) is 3.14. The summed E-state index contributed by atoms with van der Waals surface area (Å²) in [5, 5.41) is 1.14. The van der Waals surface area contributed by atoms with Crippen LogP contribution in [0.1, 0.15) is 11.3 Å². The van der Waals surface area contributed by atoms with Crippen LogP contribution < -0.4 is 0 Å². The summed E-state index contributed by atoms with van der Waals surface area (Å²) in [5.41, 5.74) is 2.12. The number of aromatic nitrogens is 2. The van der Waals surface area contributed by atoms with Crippen LogP contribution in [-0.4, -0.2) is 9.97 Å². The van der Waals surface area contributed by atoms with Crippen LogP contribution in [0.25, 0.3) is 0 Å². The molecule has 5 heteroatoms. The monoisotopic (exact) mass is 258 g/mol. The van der Waals surface area contributed by atoms with Crippen LogP contribution in [0, 0.1) is 4.77 Å². The Morgan fingerprint density at radius 3 is 2.60 bits per heavy atom. The summed E-state index contributed by atoms with van der Waals surface area (Å²) in [6.45, 7) is 0. The van der Waals surface area contributed by atoms with Crippen LogP contribution in [0.15, 0.2) is 24.4 Å². The highest BCUT2D eigenvalue weighted by Crippen LogP contribution is 2.23. The predicted octanol–water partition coefficient (Wildman–Crippen LogP) is 3.97. The van der Waals surface area contributed by atoms with Crippen molar-refractivity contribution in [1.82, 2.24) is 9.97 Å². The standard InChI is InChI=1S/C10H8Cl2N2S/c11-8-2-1-6(4-9(8)12)3-7-5-13-10(15)14-7/h1-2,4-5H,3H2,(H2,13,14,15). The fourth-order valence-corrected chi connectivity index (χ4v) is 1.85. The van der Waals surface area contributed by atoms with Crippen molar-refractivity contribution in [3.8, 4) is 0 Å². The molecule has 0 saturated carbocycles. The Morgan fingerprint density at radius 2 is 2.00 bits per heavy atom. The van der Waals surface area contributed by atoms with E-state index in [2.05, 4.69) is 9.97 Å². The molecule has 0 aliphatic heterocycles. The first-order chi connectivity index (χ1) is 7.15. The number of H-pyrrole nitrogens is 2. The van der Waals surface area contributed by atoms with Crippen molar-refractivity contribution < 1.29 is 0 Å². The number of rotatable bonds is 2. The van der Waals surface area contributed by atoms with E-state index in [1.54, 1.807) is 6.07 Å². The summed E-state index contributed by atoms with van der Waals surface area (Å²) >= 11 is 16.7. The molecular weight excluding hydrogens is 251 g/mol. The first-order valence-corrected chi connectivity index (χ1v) is 5.52. The summed E-state index contributed by atoms with van der Waals surface area (Å²) in [6, 6.07) is 5.59.